The predicted molar refractivity (Wildman–Crippen MR) is 125 cm³/mol. The molecule has 2 aromatic carbocycles. The molecule has 5 rings (SSSR count). The van der Waals surface area contributed by atoms with Gasteiger partial charge in [-0.2, -0.15) is 9.78 Å². The van der Waals surface area contributed by atoms with Crippen molar-refractivity contribution in [3.05, 3.63) is 76.3 Å². The van der Waals surface area contributed by atoms with Crippen LogP contribution in [0.3, 0.4) is 0 Å². The molecule has 160 valence electrons. The number of benzene rings is 2. The van der Waals surface area contributed by atoms with Gasteiger partial charge in [0, 0.05) is 28.1 Å². The highest BCUT2D eigenvalue weighted by Gasteiger charge is 2.15. The van der Waals surface area contributed by atoms with Crippen molar-refractivity contribution < 1.29 is 14.3 Å². The van der Waals surface area contributed by atoms with Crippen LogP contribution in [0.15, 0.2) is 60.0 Å². The fraction of sp³-hybridized carbons (Fsp3) is 0.0870. The molecule has 2 aromatic heterocycles. The lowest BCUT2D eigenvalue weighted by atomic mass is 10.2. The summed E-state index contributed by atoms with van der Waals surface area (Å²) in [5.41, 5.74) is 3.37. The molecule has 0 fully saturated rings. The molecule has 0 aliphatic carbocycles. The standard InChI is InChI=1S/C23H17ClN4O3S/c1-14-10-21(26-22(29)9-3-15-2-8-19-20(11-15)31-13-30-19)28(27-14)23-25-18(12-32-23)16-4-6-17(24)7-5-16/h2-12H,13H2,1H3,(H,26,29)/b9-3+. The first-order valence-corrected chi connectivity index (χ1v) is 11.0. The summed E-state index contributed by atoms with van der Waals surface area (Å²) in [4.78, 5) is 17.2. The van der Waals surface area contributed by atoms with Crippen LogP contribution in [0, 0.1) is 6.92 Å². The molecule has 0 saturated heterocycles. The first kappa shape index (κ1) is 20.3. The normalized spacial score (nSPS) is 12.4. The summed E-state index contributed by atoms with van der Waals surface area (Å²) in [5, 5.41) is 10.6. The van der Waals surface area contributed by atoms with Gasteiger partial charge in [-0.1, -0.05) is 29.8 Å². The summed E-state index contributed by atoms with van der Waals surface area (Å²) in [5.74, 6) is 1.63. The minimum Gasteiger partial charge on any atom is -0.454 e. The van der Waals surface area contributed by atoms with Crippen LogP contribution >= 0.6 is 22.9 Å². The lowest BCUT2D eigenvalue weighted by Gasteiger charge is -2.04. The molecule has 1 aliphatic rings. The molecule has 9 heteroatoms. The number of thiazole rings is 1. The van der Waals surface area contributed by atoms with Gasteiger partial charge in [0.2, 0.25) is 17.8 Å². The Morgan fingerprint density at radius 1 is 1.16 bits per heavy atom. The third kappa shape index (κ3) is 4.23. The van der Waals surface area contributed by atoms with Gasteiger partial charge < -0.3 is 14.8 Å². The maximum absolute atomic E-state index is 12.5. The van der Waals surface area contributed by atoms with E-state index >= 15 is 0 Å². The van der Waals surface area contributed by atoms with Crippen LogP contribution in [0.2, 0.25) is 5.02 Å². The minimum absolute atomic E-state index is 0.211. The van der Waals surface area contributed by atoms with Gasteiger partial charge >= 0.3 is 0 Å². The Balaban J connectivity index is 1.33. The van der Waals surface area contributed by atoms with Crippen molar-refractivity contribution in [3.63, 3.8) is 0 Å². The number of ether oxygens (including phenoxy) is 2. The lowest BCUT2D eigenvalue weighted by molar-refractivity contribution is -0.111. The Morgan fingerprint density at radius 2 is 1.97 bits per heavy atom. The van der Waals surface area contributed by atoms with E-state index in [1.54, 1.807) is 16.8 Å². The summed E-state index contributed by atoms with van der Waals surface area (Å²) in [6, 6.07) is 14.8. The molecule has 0 unspecified atom stereocenters. The Bertz CT molecular complexity index is 1330. The van der Waals surface area contributed by atoms with Gasteiger partial charge in [-0.25, -0.2) is 4.98 Å². The molecule has 0 radical (unpaired) electrons. The third-order valence-corrected chi connectivity index (χ3v) is 5.79. The Kier molecular flexibility index (Phi) is 5.38. The molecule has 0 bridgehead atoms. The summed E-state index contributed by atoms with van der Waals surface area (Å²) >= 11 is 7.41. The number of aromatic nitrogens is 3. The van der Waals surface area contributed by atoms with Gasteiger partial charge in [0.05, 0.1) is 11.4 Å². The van der Waals surface area contributed by atoms with E-state index in [4.69, 9.17) is 21.1 Å². The molecule has 1 amide bonds. The van der Waals surface area contributed by atoms with Gasteiger partial charge in [0.15, 0.2) is 11.5 Å². The van der Waals surface area contributed by atoms with Crippen molar-refractivity contribution >= 4 is 40.7 Å². The summed E-state index contributed by atoms with van der Waals surface area (Å²) in [6.07, 6.45) is 3.18. The smallest absolute Gasteiger partial charge is 0.249 e. The molecule has 32 heavy (non-hydrogen) atoms. The predicted octanol–water partition coefficient (Wildman–Crippen LogP) is 5.34. The molecule has 0 spiro atoms. The fourth-order valence-corrected chi connectivity index (χ4v) is 4.13. The quantitative estimate of drug-likeness (QED) is 0.403. The second kappa shape index (κ2) is 8.49. The number of nitrogens with zero attached hydrogens (tertiary/aromatic N) is 3. The van der Waals surface area contributed by atoms with Crippen LogP contribution in [0.25, 0.3) is 22.5 Å². The van der Waals surface area contributed by atoms with E-state index in [1.807, 2.05) is 54.8 Å². The average Bonchev–Trinajstić information content (AvgIpc) is 3.52. The number of carbonyl (C=O) groups is 1. The lowest BCUT2D eigenvalue weighted by Crippen LogP contribution is -2.12. The highest BCUT2D eigenvalue weighted by atomic mass is 35.5. The van der Waals surface area contributed by atoms with Crippen LogP contribution in [-0.4, -0.2) is 27.5 Å². The zero-order valence-corrected chi connectivity index (χ0v) is 18.5. The molecular formula is C23H17ClN4O3S. The number of halogens is 1. The largest absolute Gasteiger partial charge is 0.454 e. The Hall–Kier alpha value is -3.62. The zero-order chi connectivity index (χ0) is 22.1. The topological polar surface area (TPSA) is 78.3 Å². The van der Waals surface area contributed by atoms with Crippen LogP contribution < -0.4 is 14.8 Å². The highest BCUT2D eigenvalue weighted by molar-refractivity contribution is 7.12. The molecule has 3 heterocycles. The summed E-state index contributed by atoms with van der Waals surface area (Å²) in [6.45, 7) is 2.07. The van der Waals surface area contributed by atoms with E-state index in [-0.39, 0.29) is 12.7 Å². The van der Waals surface area contributed by atoms with Gasteiger partial charge in [0.25, 0.3) is 0 Å². The van der Waals surface area contributed by atoms with Gasteiger partial charge in [-0.05, 0) is 42.8 Å². The van der Waals surface area contributed by atoms with E-state index in [2.05, 4.69) is 15.4 Å². The van der Waals surface area contributed by atoms with Crippen molar-refractivity contribution in [3.8, 4) is 27.9 Å². The van der Waals surface area contributed by atoms with Crippen LogP contribution in [0.5, 0.6) is 11.5 Å². The van der Waals surface area contributed by atoms with Crippen molar-refractivity contribution in [2.24, 2.45) is 0 Å². The number of fused-ring (bicyclic) bond motifs is 1. The van der Waals surface area contributed by atoms with Crippen LogP contribution in [-0.2, 0) is 4.79 Å². The number of hydrogen-bond acceptors (Lipinski definition) is 6. The number of aryl methyl sites for hydroxylation is 1. The van der Waals surface area contributed by atoms with E-state index in [1.165, 1.54) is 17.4 Å². The Morgan fingerprint density at radius 3 is 2.81 bits per heavy atom. The van der Waals surface area contributed by atoms with Crippen LogP contribution in [0.4, 0.5) is 5.82 Å². The van der Waals surface area contributed by atoms with Crippen LogP contribution in [0.1, 0.15) is 11.3 Å². The number of carbonyl (C=O) groups excluding carboxylic acids is 1. The van der Waals surface area contributed by atoms with E-state index < -0.39 is 0 Å². The number of hydrogen-bond donors (Lipinski definition) is 1. The monoisotopic (exact) mass is 464 g/mol. The van der Waals surface area contributed by atoms with Crippen molar-refractivity contribution in [2.45, 2.75) is 6.92 Å². The van der Waals surface area contributed by atoms with E-state index in [0.717, 1.165) is 22.5 Å². The number of rotatable bonds is 5. The molecule has 1 aliphatic heterocycles. The van der Waals surface area contributed by atoms with Gasteiger partial charge in [-0.3, -0.25) is 4.79 Å². The first-order valence-electron chi connectivity index (χ1n) is 9.72. The summed E-state index contributed by atoms with van der Waals surface area (Å²) < 4.78 is 12.3. The maximum atomic E-state index is 12.5. The molecule has 4 aromatic rings. The minimum atomic E-state index is -0.279. The molecular weight excluding hydrogens is 448 g/mol. The number of anilines is 1. The van der Waals surface area contributed by atoms with Gasteiger partial charge in [-0.15, -0.1) is 11.3 Å². The summed E-state index contributed by atoms with van der Waals surface area (Å²) in [7, 11) is 0. The molecule has 0 atom stereocenters. The maximum Gasteiger partial charge on any atom is 0.249 e. The van der Waals surface area contributed by atoms with Crippen molar-refractivity contribution in [1.29, 1.82) is 0 Å². The Labute approximate surface area is 192 Å². The zero-order valence-electron chi connectivity index (χ0n) is 16.9. The second-order valence-electron chi connectivity index (χ2n) is 7.04. The van der Waals surface area contributed by atoms with Crippen molar-refractivity contribution in [2.75, 3.05) is 12.1 Å². The van der Waals surface area contributed by atoms with E-state index in [0.29, 0.717) is 27.5 Å². The van der Waals surface area contributed by atoms with Gasteiger partial charge in [0.1, 0.15) is 5.82 Å². The average molecular weight is 465 g/mol. The van der Waals surface area contributed by atoms with Crippen molar-refractivity contribution in [1.82, 2.24) is 14.8 Å². The number of nitrogens with one attached hydrogen (secondary N) is 1. The molecule has 1 N–H and O–H groups in total. The van der Waals surface area contributed by atoms with E-state index in [9.17, 15) is 4.79 Å². The SMILES string of the molecule is Cc1cc(NC(=O)/C=C/c2ccc3c(c2)OCO3)n(-c2nc(-c3ccc(Cl)cc3)cs2)n1. The molecule has 0 saturated carbocycles. The first-order chi connectivity index (χ1) is 15.5. The third-order valence-electron chi connectivity index (χ3n) is 4.72. The highest BCUT2D eigenvalue weighted by Crippen LogP contribution is 2.33. The second-order valence-corrected chi connectivity index (χ2v) is 8.31. The fourth-order valence-electron chi connectivity index (χ4n) is 3.21. The molecule has 7 nitrogen and oxygen atoms in total. The number of amides is 1.